The van der Waals surface area contributed by atoms with Crippen LogP contribution in [0.5, 0.6) is 0 Å². The van der Waals surface area contributed by atoms with E-state index in [0.717, 1.165) is 29.2 Å². The summed E-state index contributed by atoms with van der Waals surface area (Å²) < 4.78 is 0. The third kappa shape index (κ3) is 2.42. The Morgan fingerprint density at radius 1 is 1.00 bits per heavy atom. The Hall–Kier alpha value is -2.36. The van der Waals surface area contributed by atoms with Crippen LogP contribution in [-0.4, -0.2) is 29.0 Å². The van der Waals surface area contributed by atoms with E-state index in [0.29, 0.717) is 0 Å². The third-order valence-corrected chi connectivity index (χ3v) is 3.05. The van der Waals surface area contributed by atoms with Crippen LogP contribution in [0.4, 0.5) is 5.82 Å². The summed E-state index contributed by atoms with van der Waals surface area (Å²) in [5.41, 5.74) is 3.00. The van der Waals surface area contributed by atoms with Crippen molar-refractivity contribution < 1.29 is 0 Å². The number of fused-ring (bicyclic) bond motifs is 1. The highest BCUT2D eigenvalue weighted by Crippen LogP contribution is 2.16. The lowest BCUT2D eigenvalue weighted by atomic mass is 10.1. The number of imidazole rings is 1. The maximum Gasteiger partial charge on any atom is 0.179 e. The molecule has 0 saturated carbocycles. The molecule has 4 heteroatoms. The molecule has 1 N–H and O–H groups in total. The summed E-state index contributed by atoms with van der Waals surface area (Å²) in [6, 6.07) is 14.3. The molecule has 0 aliphatic carbocycles. The number of pyridine rings is 1. The Morgan fingerprint density at radius 2 is 1.79 bits per heavy atom. The first-order valence-electron chi connectivity index (χ1n) is 6.29. The van der Waals surface area contributed by atoms with Gasteiger partial charge in [-0.3, -0.25) is 0 Å². The average Bonchev–Trinajstić information content (AvgIpc) is 2.80. The number of nitrogens with one attached hydrogen (secondary N) is 1. The van der Waals surface area contributed by atoms with Crippen molar-refractivity contribution >= 4 is 17.0 Å². The van der Waals surface area contributed by atoms with Crippen molar-refractivity contribution in [2.24, 2.45) is 0 Å². The second-order valence-corrected chi connectivity index (χ2v) is 4.78. The fraction of sp³-hybridized carbons (Fsp3) is 0.200. The van der Waals surface area contributed by atoms with Gasteiger partial charge in [-0.15, -0.1) is 0 Å². The lowest BCUT2D eigenvalue weighted by Gasteiger charge is -2.09. The molecule has 0 fully saturated rings. The van der Waals surface area contributed by atoms with Gasteiger partial charge in [-0.2, -0.15) is 0 Å². The summed E-state index contributed by atoms with van der Waals surface area (Å²) >= 11 is 0. The van der Waals surface area contributed by atoms with Gasteiger partial charge >= 0.3 is 0 Å². The highest BCUT2D eigenvalue weighted by Gasteiger charge is 2.06. The Kier molecular flexibility index (Phi) is 2.91. The van der Waals surface area contributed by atoms with Crippen molar-refractivity contribution in [1.29, 1.82) is 0 Å². The molecule has 0 bridgehead atoms. The molecule has 1 aromatic carbocycles. The number of nitrogens with zero attached hydrogens (tertiary/aromatic N) is 3. The van der Waals surface area contributed by atoms with E-state index in [2.05, 4.69) is 27.1 Å². The van der Waals surface area contributed by atoms with Crippen LogP contribution in [0.1, 0.15) is 11.4 Å². The molecule has 0 radical (unpaired) electrons. The molecule has 4 nitrogen and oxygen atoms in total. The molecular formula is C15H16N4. The number of rotatable bonds is 3. The van der Waals surface area contributed by atoms with Gasteiger partial charge in [-0.05, 0) is 17.7 Å². The van der Waals surface area contributed by atoms with Crippen LogP contribution in [0.3, 0.4) is 0 Å². The monoisotopic (exact) mass is 252 g/mol. The van der Waals surface area contributed by atoms with Crippen LogP contribution in [0.2, 0.25) is 0 Å². The predicted molar refractivity (Wildman–Crippen MR) is 77.5 cm³/mol. The first kappa shape index (κ1) is 11.7. The van der Waals surface area contributed by atoms with Crippen LogP contribution in [0.15, 0.2) is 42.5 Å². The molecule has 3 aromatic rings. The maximum atomic E-state index is 4.56. The normalized spacial score (nSPS) is 10.8. The Labute approximate surface area is 112 Å². The summed E-state index contributed by atoms with van der Waals surface area (Å²) in [7, 11) is 3.96. The van der Waals surface area contributed by atoms with Gasteiger partial charge in [0.1, 0.15) is 11.6 Å². The van der Waals surface area contributed by atoms with Crippen molar-refractivity contribution in [3.63, 3.8) is 0 Å². The van der Waals surface area contributed by atoms with E-state index >= 15 is 0 Å². The fourth-order valence-electron chi connectivity index (χ4n) is 2.05. The second kappa shape index (κ2) is 4.72. The van der Waals surface area contributed by atoms with E-state index in [1.54, 1.807) is 0 Å². The largest absolute Gasteiger partial charge is 0.363 e. The predicted octanol–water partition coefficient (Wildman–Crippen LogP) is 2.61. The van der Waals surface area contributed by atoms with Gasteiger partial charge in [0.05, 0.1) is 5.52 Å². The number of aromatic nitrogens is 3. The molecule has 0 unspecified atom stereocenters. The zero-order chi connectivity index (χ0) is 13.2. The minimum absolute atomic E-state index is 0.775. The van der Waals surface area contributed by atoms with Gasteiger partial charge in [0, 0.05) is 20.5 Å². The van der Waals surface area contributed by atoms with Crippen molar-refractivity contribution in [2.75, 3.05) is 19.0 Å². The Balaban J connectivity index is 1.93. The summed E-state index contributed by atoms with van der Waals surface area (Å²) in [5, 5.41) is 0. The van der Waals surface area contributed by atoms with Crippen LogP contribution >= 0.6 is 0 Å². The van der Waals surface area contributed by atoms with Gasteiger partial charge in [0.2, 0.25) is 0 Å². The van der Waals surface area contributed by atoms with Gasteiger partial charge in [0.25, 0.3) is 0 Å². The van der Waals surface area contributed by atoms with Crippen LogP contribution in [0, 0.1) is 0 Å². The van der Waals surface area contributed by atoms with E-state index in [-0.39, 0.29) is 0 Å². The number of hydrogen-bond donors (Lipinski definition) is 1. The van der Waals surface area contributed by atoms with Crippen LogP contribution < -0.4 is 4.90 Å². The smallest absolute Gasteiger partial charge is 0.179 e. The maximum absolute atomic E-state index is 4.56. The van der Waals surface area contributed by atoms with Gasteiger partial charge < -0.3 is 9.88 Å². The van der Waals surface area contributed by atoms with Gasteiger partial charge in [0.15, 0.2) is 5.65 Å². The average molecular weight is 252 g/mol. The molecule has 0 atom stereocenters. The number of anilines is 1. The number of aromatic amines is 1. The van der Waals surface area contributed by atoms with Crippen molar-refractivity contribution in [1.82, 2.24) is 15.0 Å². The molecule has 19 heavy (non-hydrogen) atoms. The van der Waals surface area contributed by atoms with E-state index in [9.17, 15) is 0 Å². The Morgan fingerprint density at radius 3 is 2.53 bits per heavy atom. The van der Waals surface area contributed by atoms with E-state index in [4.69, 9.17) is 0 Å². The summed E-state index contributed by atoms with van der Waals surface area (Å²) in [5.74, 6) is 1.87. The second-order valence-electron chi connectivity index (χ2n) is 4.78. The van der Waals surface area contributed by atoms with Crippen molar-refractivity contribution in [3.05, 3.63) is 53.9 Å². The quantitative estimate of drug-likeness (QED) is 0.779. The molecule has 0 amide bonds. The lowest BCUT2D eigenvalue weighted by Crippen LogP contribution is -2.10. The van der Waals surface area contributed by atoms with E-state index in [1.165, 1.54) is 5.56 Å². The minimum atomic E-state index is 0.775. The summed E-state index contributed by atoms with van der Waals surface area (Å²) in [6.45, 7) is 0. The molecule has 0 saturated heterocycles. The summed E-state index contributed by atoms with van der Waals surface area (Å²) in [6.07, 6.45) is 0.800. The minimum Gasteiger partial charge on any atom is -0.363 e. The summed E-state index contributed by atoms with van der Waals surface area (Å²) in [4.78, 5) is 14.4. The first-order chi connectivity index (χ1) is 9.22. The molecule has 2 aromatic heterocycles. The molecule has 96 valence electrons. The zero-order valence-electron chi connectivity index (χ0n) is 11.1. The fourth-order valence-corrected chi connectivity index (χ4v) is 2.05. The Bertz CT molecular complexity index is 686. The van der Waals surface area contributed by atoms with Crippen molar-refractivity contribution in [3.8, 4) is 0 Å². The molecule has 0 aliphatic heterocycles. The molecule has 3 rings (SSSR count). The van der Waals surface area contributed by atoms with Crippen molar-refractivity contribution in [2.45, 2.75) is 6.42 Å². The number of hydrogen-bond acceptors (Lipinski definition) is 3. The molecular weight excluding hydrogens is 236 g/mol. The van der Waals surface area contributed by atoms with E-state index in [1.807, 2.05) is 49.3 Å². The van der Waals surface area contributed by atoms with Gasteiger partial charge in [-0.1, -0.05) is 30.3 Å². The standard InChI is InChI=1S/C15H16N4/c1-19(2)14-9-8-12-15(18-14)17-13(16-12)10-11-6-4-3-5-7-11/h3-9H,10H2,1-2H3,(H,16,17,18). The topological polar surface area (TPSA) is 44.8 Å². The molecule has 2 heterocycles. The number of H-pyrrole nitrogens is 1. The van der Waals surface area contributed by atoms with Crippen LogP contribution in [-0.2, 0) is 6.42 Å². The van der Waals surface area contributed by atoms with E-state index < -0.39 is 0 Å². The zero-order valence-corrected chi connectivity index (χ0v) is 11.1. The lowest BCUT2D eigenvalue weighted by molar-refractivity contribution is 1.03. The van der Waals surface area contributed by atoms with Gasteiger partial charge in [-0.25, -0.2) is 9.97 Å². The highest BCUT2D eigenvalue weighted by molar-refractivity contribution is 5.73. The SMILES string of the molecule is CN(C)c1ccc2[nH]c(Cc3ccccc3)nc2n1. The number of benzene rings is 1. The third-order valence-electron chi connectivity index (χ3n) is 3.05. The van der Waals surface area contributed by atoms with Crippen LogP contribution in [0.25, 0.3) is 11.2 Å². The molecule has 0 aliphatic rings. The highest BCUT2D eigenvalue weighted by atomic mass is 15.1. The first-order valence-corrected chi connectivity index (χ1v) is 6.29. The molecule has 0 spiro atoms.